The van der Waals surface area contributed by atoms with E-state index in [0.29, 0.717) is 34.9 Å². The molecule has 0 radical (unpaired) electrons. The van der Waals surface area contributed by atoms with Gasteiger partial charge in [-0.2, -0.15) is 0 Å². The van der Waals surface area contributed by atoms with Gasteiger partial charge >= 0.3 is 0 Å². The van der Waals surface area contributed by atoms with Gasteiger partial charge in [-0.25, -0.2) is 31.6 Å². The molecule has 2 saturated carbocycles. The van der Waals surface area contributed by atoms with Crippen LogP contribution in [0.3, 0.4) is 0 Å². The number of carbonyl (C=O) groups is 2. The largest absolute Gasteiger partial charge is 0.347 e. The second-order valence-electron chi connectivity index (χ2n) is 11.4. The van der Waals surface area contributed by atoms with Crippen molar-refractivity contribution in [1.82, 2.24) is 35.6 Å². The molecule has 0 aliphatic heterocycles. The quantitative estimate of drug-likeness (QED) is 0.253. The molecule has 2 fully saturated rings. The lowest BCUT2D eigenvalue weighted by molar-refractivity contribution is -0.129. The molecule has 0 saturated heterocycles. The van der Waals surface area contributed by atoms with E-state index in [1.54, 1.807) is 29.8 Å². The van der Waals surface area contributed by atoms with Gasteiger partial charge in [0.05, 0.1) is 29.3 Å². The lowest BCUT2D eigenvalue weighted by Gasteiger charge is -2.33. The average Bonchev–Trinajstić information content (AvgIpc) is 3.51. The van der Waals surface area contributed by atoms with Crippen molar-refractivity contribution in [2.75, 3.05) is 6.67 Å². The van der Waals surface area contributed by atoms with E-state index in [1.165, 1.54) is 6.20 Å². The SMILES string of the molecule is C[C@@H](NC(=O)C(F)C(F)CF)c1ccc2nc([C@@H](NC(=O)c3cnnn3CCC3CC3)C3CCC(F)(F)CC3)[nH]c2c1. The van der Waals surface area contributed by atoms with Gasteiger partial charge < -0.3 is 15.6 Å². The molecule has 42 heavy (non-hydrogen) atoms. The van der Waals surface area contributed by atoms with Gasteiger partial charge in [0.1, 0.15) is 18.2 Å². The zero-order chi connectivity index (χ0) is 30.0. The number of nitrogens with zero attached hydrogens (tertiary/aromatic N) is 4. The monoisotopic (exact) mass is 595 g/mol. The van der Waals surface area contributed by atoms with Gasteiger partial charge in [0.25, 0.3) is 11.8 Å². The minimum atomic E-state index is -2.76. The number of imidazole rings is 1. The van der Waals surface area contributed by atoms with Crippen LogP contribution in [0.4, 0.5) is 22.0 Å². The van der Waals surface area contributed by atoms with Crippen molar-refractivity contribution in [2.24, 2.45) is 11.8 Å². The molecule has 228 valence electrons. The molecule has 0 spiro atoms. The van der Waals surface area contributed by atoms with Crippen molar-refractivity contribution in [2.45, 2.75) is 88.8 Å². The number of rotatable bonds is 12. The molecule has 3 N–H and O–H groups in total. The number of H-pyrrole nitrogens is 1. The number of hydrogen-bond donors (Lipinski definition) is 3. The van der Waals surface area contributed by atoms with E-state index in [9.17, 15) is 31.5 Å². The van der Waals surface area contributed by atoms with E-state index in [4.69, 9.17) is 0 Å². The first-order valence-electron chi connectivity index (χ1n) is 14.3. The highest BCUT2D eigenvalue weighted by Gasteiger charge is 2.40. The summed E-state index contributed by atoms with van der Waals surface area (Å²) in [5.74, 6) is -3.76. The fourth-order valence-electron chi connectivity index (χ4n) is 5.41. The molecule has 1 aromatic carbocycles. The number of aromatic amines is 1. The van der Waals surface area contributed by atoms with E-state index in [0.717, 1.165) is 19.3 Å². The predicted molar refractivity (Wildman–Crippen MR) is 143 cm³/mol. The van der Waals surface area contributed by atoms with Crippen LogP contribution in [0.5, 0.6) is 0 Å². The Morgan fingerprint density at radius 1 is 1.14 bits per heavy atom. The number of fused-ring (bicyclic) bond motifs is 1. The summed E-state index contributed by atoms with van der Waals surface area (Å²) >= 11 is 0. The van der Waals surface area contributed by atoms with Crippen LogP contribution >= 0.6 is 0 Å². The molecule has 2 amide bonds. The first kappa shape index (κ1) is 29.9. The highest BCUT2D eigenvalue weighted by Crippen LogP contribution is 2.41. The van der Waals surface area contributed by atoms with Gasteiger partial charge in [0, 0.05) is 19.4 Å². The number of aromatic nitrogens is 5. The average molecular weight is 596 g/mol. The van der Waals surface area contributed by atoms with Gasteiger partial charge in [0.15, 0.2) is 6.17 Å². The van der Waals surface area contributed by atoms with Crippen molar-refractivity contribution >= 4 is 22.8 Å². The molecule has 9 nitrogen and oxygen atoms in total. The third-order valence-corrected chi connectivity index (χ3v) is 8.21. The number of carbonyl (C=O) groups excluding carboxylic acids is 2. The minimum absolute atomic E-state index is 0.182. The fraction of sp³-hybridized carbons (Fsp3) is 0.607. The maximum atomic E-state index is 14.0. The van der Waals surface area contributed by atoms with Gasteiger partial charge in [-0.3, -0.25) is 9.59 Å². The van der Waals surface area contributed by atoms with E-state index in [2.05, 4.69) is 30.9 Å². The number of benzene rings is 1. The van der Waals surface area contributed by atoms with Gasteiger partial charge in [-0.05, 0) is 55.7 Å². The summed E-state index contributed by atoms with van der Waals surface area (Å²) in [5, 5.41) is 13.3. The highest BCUT2D eigenvalue weighted by atomic mass is 19.3. The summed E-state index contributed by atoms with van der Waals surface area (Å²) in [6, 6.07) is 3.52. The summed E-state index contributed by atoms with van der Waals surface area (Å²) in [7, 11) is 0. The Bertz CT molecular complexity index is 1400. The number of halogens is 5. The second-order valence-corrected chi connectivity index (χ2v) is 11.4. The third kappa shape index (κ3) is 6.89. The van der Waals surface area contributed by atoms with Crippen LogP contribution in [0.25, 0.3) is 11.0 Å². The summed E-state index contributed by atoms with van der Waals surface area (Å²) in [5.41, 5.74) is 1.87. The molecule has 0 bridgehead atoms. The number of amides is 2. The summed E-state index contributed by atoms with van der Waals surface area (Å²) in [6.45, 7) is 0.512. The van der Waals surface area contributed by atoms with E-state index >= 15 is 0 Å². The summed E-state index contributed by atoms with van der Waals surface area (Å²) in [4.78, 5) is 33.2. The summed E-state index contributed by atoms with van der Waals surface area (Å²) in [6.07, 6.45) is -0.811. The normalized spacial score (nSPS) is 20.1. The predicted octanol–water partition coefficient (Wildman–Crippen LogP) is 5.07. The van der Waals surface area contributed by atoms with E-state index in [1.807, 2.05) is 0 Å². The number of hydrogen-bond acceptors (Lipinski definition) is 5. The zero-order valence-electron chi connectivity index (χ0n) is 23.1. The molecule has 2 aliphatic rings. The highest BCUT2D eigenvalue weighted by molar-refractivity contribution is 5.92. The lowest BCUT2D eigenvalue weighted by Crippen LogP contribution is -2.39. The molecular weight excluding hydrogens is 561 g/mol. The third-order valence-electron chi connectivity index (χ3n) is 8.21. The number of alkyl halides is 5. The molecule has 2 aliphatic carbocycles. The Kier molecular flexibility index (Phi) is 8.78. The molecular formula is C28H34F5N7O2. The van der Waals surface area contributed by atoms with E-state index < -0.39 is 48.8 Å². The minimum Gasteiger partial charge on any atom is -0.347 e. The second kappa shape index (κ2) is 12.3. The Hall–Kier alpha value is -3.58. The van der Waals surface area contributed by atoms with Crippen molar-refractivity contribution in [3.8, 4) is 0 Å². The molecule has 3 aromatic rings. The van der Waals surface area contributed by atoms with Crippen LogP contribution in [0.15, 0.2) is 24.4 Å². The van der Waals surface area contributed by atoms with Crippen LogP contribution in [0.1, 0.15) is 85.8 Å². The fourth-order valence-corrected chi connectivity index (χ4v) is 5.41. The first-order valence-corrected chi connectivity index (χ1v) is 14.3. The molecule has 14 heteroatoms. The smallest absolute Gasteiger partial charge is 0.271 e. The van der Waals surface area contributed by atoms with Gasteiger partial charge in [0.2, 0.25) is 12.1 Å². The van der Waals surface area contributed by atoms with Crippen molar-refractivity contribution in [3.63, 3.8) is 0 Å². The van der Waals surface area contributed by atoms with E-state index in [-0.39, 0.29) is 37.3 Å². The number of nitrogens with one attached hydrogen (secondary N) is 3. The topological polar surface area (TPSA) is 118 Å². The maximum Gasteiger partial charge on any atom is 0.271 e. The van der Waals surface area contributed by atoms with Crippen molar-refractivity contribution < 1.29 is 31.5 Å². The Morgan fingerprint density at radius 3 is 2.57 bits per heavy atom. The Balaban J connectivity index is 1.36. The van der Waals surface area contributed by atoms with Crippen LogP contribution < -0.4 is 10.6 Å². The standard InChI is InChI=1S/C28H34F5N7O2/c1-15(35-27(42)23(31)19(30)13-29)18-4-5-20-21(12-18)37-25(36-20)24(17-6-9-28(32,33)10-7-17)38-26(41)22-14-34-39-40(22)11-8-16-2-3-16/h4-5,12,14-17,19,23-24H,2-3,6-11,13H2,1H3,(H,35,42)(H,36,37)(H,38,41)/t15-,19?,23?,24+/m1/s1. The summed E-state index contributed by atoms with van der Waals surface area (Å²) < 4.78 is 69.1. The zero-order valence-corrected chi connectivity index (χ0v) is 23.1. The van der Waals surface area contributed by atoms with Crippen LogP contribution in [0.2, 0.25) is 0 Å². The molecule has 2 aromatic heterocycles. The molecule has 2 heterocycles. The first-order chi connectivity index (χ1) is 20.0. The van der Waals surface area contributed by atoms with Crippen LogP contribution in [0, 0.1) is 11.8 Å². The van der Waals surface area contributed by atoms with Gasteiger partial charge in [-0.15, -0.1) is 5.10 Å². The molecule has 5 rings (SSSR count). The molecule has 2 unspecified atom stereocenters. The molecule has 4 atom stereocenters. The Labute approximate surface area is 239 Å². The lowest BCUT2D eigenvalue weighted by atomic mass is 9.81. The van der Waals surface area contributed by atoms with Crippen molar-refractivity contribution in [1.29, 1.82) is 0 Å². The van der Waals surface area contributed by atoms with Crippen LogP contribution in [-0.2, 0) is 11.3 Å². The van der Waals surface area contributed by atoms with Gasteiger partial charge in [-0.1, -0.05) is 24.1 Å². The van der Waals surface area contributed by atoms with Crippen LogP contribution in [-0.4, -0.2) is 61.7 Å². The van der Waals surface area contributed by atoms with Crippen molar-refractivity contribution in [3.05, 3.63) is 41.5 Å². The Morgan fingerprint density at radius 2 is 1.88 bits per heavy atom. The number of aryl methyl sites for hydroxylation is 1. The maximum absolute atomic E-state index is 14.0.